The predicted octanol–water partition coefficient (Wildman–Crippen LogP) is 3.23. The summed E-state index contributed by atoms with van der Waals surface area (Å²) in [6.45, 7) is 1.45. The van der Waals surface area contributed by atoms with Crippen molar-refractivity contribution in [3.63, 3.8) is 0 Å². The van der Waals surface area contributed by atoms with Crippen LogP contribution in [-0.4, -0.2) is 45.0 Å². The first-order valence-electron chi connectivity index (χ1n) is 10.4. The number of carboxylic acids is 1. The van der Waals surface area contributed by atoms with Crippen molar-refractivity contribution < 1.29 is 29.4 Å². The summed E-state index contributed by atoms with van der Waals surface area (Å²) in [6, 6.07) is 12.6. The minimum absolute atomic E-state index is 0.0756. The SMILES string of the molecule is C[C@H](NN(C(=O)Cc1cccs1)C(=O)c1ccc(C(=O)NCc2cccc(O)c2)cc1Cl)C(=O)O. The van der Waals surface area contributed by atoms with Crippen LogP contribution in [-0.2, 0) is 22.6 Å². The number of benzene rings is 2. The molecule has 1 heterocycles. The number of hydrogen-bond donors (Lipinski definition) is 4. The Kier molecular flexibility index (Phi) is 8.58. The molecule has 1 aromatic heterocycles. The van der Waals surface area contributed by atoms with Crippen molar-refractivity contribution in [2.45, 2.75) is 25.9 Å². The molecule has 0 aliphatic heterocycles. The molecule has 0 aliphatic carbocycles. The number of amides is 3. The number of nitrogens with zero attached hydrogens (tertiary/aromatic N) is 1. The highest BCUT2D eigenvalue weighted by Gasteiger charge is 2.28. The van der Waals surface area contributed by atoms with Crippen LogP contribution in [0.25, 0.3) is 0 Å². The average Bonchev–Trinajstić information content (AvgIpc) is 3.33. The van der Waals surface area contributed by atoms with E-state index in [0.29, 0.717) is 15.4 Å². The molecule has 4 N–H and O–H groups in total. The number of aromatic hydroxyl groups is 1. The first-order valence-corrected chi connectivity index (χ1v) is 11.7. The van der Waals surface area contributed by atoms with E-state index in [4.69, 9.17) is 11.6 Å². The molecular formula is C24H22ClN3O6S. The number of phenols is 1. The van der Waals surface area contributed by atoms with Gasteiger partial charge < -0.3 is 15.5 Å². The molecular weight excluding hydrogens is 494 g/mol. The standard InChI is InChI=1S/C24H22ClN3O6S/c1-14(24(33)34)27-28(21(30)12-18-6-3-9-35-18)23(32)19-8-7-16(11-20(19)25)22(31)26-13-15-4-2-5-17(29)10-15/h2-11,14,27,29H,12-13H2,1H3,(H,26,31)(H,33,34)/t14-/m0/s1. The topological polar surface area (TPSA) is 136 Å². The van der Waals surface area contributed by atoms with E-state index < -0.39 is 29.7 Å². The molecule has 0 saturated heterocycles. The molecule has 3 aromatic rings. The summed E-state index contributed by atoms with van der Waals surface area (Å²) in [5.41, 5.74) is 3.20. The van der Waals surface area contributed by atoms with Gasteiger partial charge in [0.1, 0.15) is 11.8 Å². The number of phenolic OH excluding ortho intramolecular Hbond substituents is 1. The lowest BCUT2D eigenvalue weighted by atomic mass is 10.1. The van der Waals surface area contributed by atoms with Crippen molar-refractivity contribution >= 4 is 46.6 Å². The maximum Gasteiger partial charge on any atom is 0.322 e. The second-order valence-electron chi connectivity index (χ2n) is 7.53. The van der Waals surface area contributed by atoms with Crippen molar-refractivity contribution in [3.8, 4) is 5.75 Å². The molecule has 2 aromatic carbocycles. The number of halogens is 1. The van der Waals surface area contributed by atoms with Crippen LogP contribution >= 0.6 is 22.9 Å². The molecule has 11 heteroatoms. The number of hydrogen-bond acceptors (Lipinski definition) is 7. The highest BCUT2D eigenvalue weighted by atomic mass is 35.5. The largest absolute Gasteiger partial charge is 0.508 e. The third-order valence-corrected chi connectivity index (χ3v) is 6.07. The summed E-state index contributed by atoms with van der Waals surface area (Å²) in [6.07, 6.45) is -0.115. The predicted molar refractivity (Wildman–Crippen MR) is 130 cm³/mol. The van der Waals surface area contributed by atoms with E-state index in [1.807, 2.05) is 0 Å². The number of nitrogens with one attached hydrogen (secondary N) is 2. The van der Waals surface area contributed by atoms with Crippen LogP contribution in [0.15, 0.2) is 60.0 Å². The number of carbonyl (C=O) groups excluding carboxylic acids is 3. The van der Waals surface area contributed by atoms with Crippen LogP contribution in [0.4, 0.5) is 0 Å². The van der Waals surface area contributed by atoms with Gasteiger partial charge in [-0.2, -0.15) is 0 Å². The zero-order valence-corrected chi connectivity index (χ0v) is 20.1. The van der Waals surface area contributed by atoms with Gasteiger partial charge in [0.05, 0.1) is 17.0 Å². The summed E-state index contributed by atoms with van der Waals surface area (Å²) in [5.74, 6) is -3.15. The summed E-state index contributed by atoms with van der Waals surface area (Å²) in [7, 11) is 0. The van der Waals surface area contributed by atoms with Crippen molar-refractivity contribution in [2.24, 2.45) is 0 Å². The second-order valence-corrected chi connectivity index (χ2v) is 8.97. The monoisotopic (exact) mass is 515 g/mol. The molecule has 182 valence electrons. The molecule has 3 rings (SSSR count). The molecule has 0 unspecified atom stereocenters. The van der Waals surface area contributed by atoms with E-state index in [-0.39, 0.29) is 34.9 Å². The number of aliphatic carboxylic acids is 1. The smallest absolute Gasteiger partial charge is 0.322 e. The number of rotatable bonds is 9. The second kappa shape index (κ2) is 11.6. The fraction of sp³-hybridized carbons (Fsp3) is 0.167. The maximum absolute atomic E-state index is 13.2. The third kappa shape index (κ3) is 6.89. The van der Waals surface area contributed by atoms with Crippen molar-refractivity contribution in [1.29, 1.82) is 0 Å². The van der Waals surface area contributed by atoms with Crippen LogP contribution in [0, 0.1) is 0 Å². The summed E-state index contributed by atoms with van der Waals surface area (Å²) < 4.78 is 0. The van der Waals surface area contributed by atoms with Gasteiger partial charge in [0.25, 0.3) is 11.8 Å². The van der Waals surface area contributed by atoms with Crippen LogP contribution < -0.4 is 10.7 Å². The molecule has 0 aliphatic rings. The van der Waals surface area contributed by atoms with Gasteiger partial charge in [-0.25, -0.2) is 10.4 Å². The van der Waals surface area contributed by atoms with Gasteiger partial charge in [0.15, 0.2) is 0 Å². The fourth-order valence-corrected chi connectivity index (χ4v) is 3.99. The number of carbonyl (C=O) groups is 4. The quantitative estimate of drug-likeness (QED) is 0.321. The number of thiophene rings is 1. The summed E-state index contributed by atoms with van der Waals surface area (Å²) in [4.78, 5) is 50.5. The lowest BCUT2D eigenvalue weighted by Gasteiger charge is -2.24. The van der Waals surface area contributed by atoms with E-state index in [1.54, 1.807) is 29.6 Å². The Morgan fingerprint density at radius 3 is 2.49 bits per heavy atom. The molecule has 35 heavy (non-hydrogen) atoms. The van der Waals surface area contributed by atoms with Crippen molar-refractivity contribution in [1.82, 2.24) is 15.8 Å². The van der Waals surface area contributed by atoms with Crippen molar-refractivity contribution in [3.05, 3.63) is 86.6 Å². The molecule has 9 nitrogen and oxygen atoms in total. The van der Waals surface area contributed by atoms with Gasteiger partial charge in [-0.15, -0.1) is 11.3 Å². The Hall–Kier alpha value is -3.73. The minimum atomic E-state index is -1.25. The highest BCUT2D eigenvalue weighted by molar-refractivity contribution is 7.10. The average molecular weight is 516 g/mol. The zero-order chi connectivity index (χ0) is 25.5. The van der Waals surface area contributed by atoms with Gasteiger partial charge in [-0.1, -0.05) is 29.8 Å². The summed E-state index contributed by atoms with van der Waals surface area (Å²) in [5, 5.41) is 23.8. The minimum Gasteiger partial charge on any atom is -0.508 e. The lowest BCUT2D eigenvalue weighted by Crippen LogP contribution is -2.53. The van der Waals surface area contributed by atoms with Gasteiger partial charge in [-0.05, 0) is 54.3 Å². The Labute approximate surface area is 209 Å². The highest BCUT2D eigenvalue weighted by Crippen LogP contribution is 2.21. The van der Waals surface area contributed by atoms with Crippen LogP contribution in [0.2, 0.25) is 5.02 Å². The Balaban J connectivity index is 1.77. The molecule has 0 radical (unpaired) electrons. The third-order valence-electron chi connectivity index (χ3n) is 4.88. The fourth-order valence-electron chi connectivity index (χ4n) is 3.04. The Morgan fingerprint density at radius 1 is 1.09 bits per heavy atom. The molecule has 0 fully saturated rings. The maximum atomic E-state index is 13.2. The van der Waals surface area contributed by atoms with E-state index in [2.05, 4.69) is 10.7 Å². The number of carboxylic acid groups (broad SMARTS) is 1. The van der Waals surface area contributed by atoms with Gasteiger partial charge >= 0.3 is 5.97 Å². The Morgan fingerprint density at radius 2 is 1.86 bits per heavy atom. The van der Waals surface area contributed by atoms with Gasteiger partial charge in [-0.3, -0.25) is 19.2 Å². The van der Waals surface area contributed by atoms with E-state index in [9.17, 15) is 29.4 Å². The molecule has 3 amide bonds. The van der Waals surface area contributed by atoms with Crippen LogP contribution in [0.1, 0.15) is 38.1 Å². The molecule has 0 bridgehead atoms. The first kappa shape index (κ1) is 25.9. The zero-order valence-electron chi connectivity index (χ0n) is 18.5. The lowest BCUT2D eigenvalue weighted by molar-refractivity contribution is -0.141. The van der Waals surface area contributed by atoms with E-state index in [1.165, 1.54) is 48.6 Å². The molecule has 1 atom stereocenters. The molecule has 0 spiro atoms. The van der Waals surface area contributed by atoms with Gasteiger partial charge in [0, 0.05) is 17.0 Å². The van der Waals surface area contributed by atoms with E-state index in [0.717, 1.165) is 0 Å². The van der Waals surface area contributed by atoms with Crippen LogP contribution in [0.3, 0.4) is 0 Å². The normalized spacial score (nSPS) is 11.5. The van der Waals surface area contributed by atoms with Crippen LogP contribution in [0.5, 0.6) is 5.75 Å². The summed E-state index contributed by atoms with van der Waals surface area (Å²) >= 11 is 7.61. The molecule has 0 saturated carbocycles. The number of imide groups is 1. The van der Waals surface area contributed by atoms with Gasteiger partial charge in [0.2, 0.25) is 5.91 Å². The van der Waals surface area contributed by atoms with E-state index >= 15 is 0 Å². The first-order chi connectivity index (χ1) is 16.7. The Bertz CT molecular complexity index is 1250. The number of hydrazine groups is 1. The van der Waals surface area contributed by atoms with Crippen molar-refractivity contribution in [2.75, 3.05) is 0 Å².